The molecule has 150 valence electrons. The van der Waals surface area contributed by atoms with E-state index in [9.17, 15) is 19.8 Å². The van der Waals surface area contributed by atoms with Gasteiger partial charge in [0.25, 0.3) is 5.91 Å². The Morgan fingerprint density at radius 1 is 1.07 bits per heavy atom. The second-order valence-corrected chi connectivity index (χ2v) is 7.03. The van der Waals surface area contributed by atoms with Crippen LogP contribution in [0.4, 0.5) is 0 Å². The van der Waals surface area contributed by atoms with E-state index in [2.05, 4.69) is 10.5 Å². The number of carboxylic acids is 1. The standard InChI is InChI=1S/C20H16Cl2N2O5/c21-13-7-3-1-5-11(13)9-15(18(25)20(27)28)23-19(26)16-10-17(29-24-16)12-6-2-4-8-14(12)22/h1-8,10,15,18,25H,9H2,(H,23,26)(H,27,28)/t15-,18-/m1/s1. The molecule has 0 bridgehead atoms. The van der Waals surface area contributed by atoms with Gasteiger partial charge in [-0.25, -0.2) is 4.79 Å². The second-order valence-electron chi connectivity index (χ2n) is 6.21. The Morgan fingerprint density at radius 3 is 2.38 bits per heavy atom. The highest BCUT2D eigenvalue weighted by Crippen LogP contribution is 2.28. The first-order chi connectivity index (χ1) is 13.9. The molecule has 0 spiro atoms. The molecule has 3 N–H and O–H groups in total. The number of benzene rings is 2. The van der Waals surface area contributed by atoms with Crippen molar-refractivity contribution in [1.29, 1.82) is 0 Å². The highest BCUT2D eigenvalue weighted by atomic mass is 35.5. The third-order valence-electron chi connectivity index (χ3n) is 4.23. The number of aliphatic carboxylic acids is 1. The molecular formula is C20H16Cl2N2O5. The fourth-order valence-electron chi connectivity index (χ4n) is 2.73. The van der Waals surface area contributed by atoms with Gasteiger partial charge in [0.1, 0.15) is 0 Å². The first-order valence-corrected chi connectivity index (χ1v) is 9.29. The molecule has 0 fully saturated rings. The van der Waals surface area contributed by atoms with E-state index >= 15 is 0 Å². The smallest absolute Gasteiger partial charge is 0.334 e. The summed E-state index contributed by atoms with van der Waals surface area (Å²) in [4.78, 5) is 23.9. The molecule has 0 saturated heterocycles. The summed E-state index contributed by atoms with van der Waals surface area (Å²) < 4.78 is 5.18. The van der Waals surface area contributed by atoms with Crippen molar-refractivity contribution in [3.05, 3.63) is 75.9 Å². The molecule has 0 aliphatic heterocycles. The van der Waals surface area contributed by atoms with Gasteiger partial charge in [0.05, 0.1) is 11.1 Å². The Kier molecular flexibility index (Phi) is 6.53. The summed E-state index contributed by atoms with van der Waals surface area (Å²) in [5.41, 5.74) is 1.05. The Balaban J connectivity index is 1.81. The summed E-state index contributed by atoms with van der Waals surface area (Å²) in [6.07, 6.45) is -1.83. The Morgan fingerprint density at radius 2 is 1.72 bits per heavy atom. The van der Waals surface area contributed by atoms with Crippen LogP contribution < -0.4 is 5.32 Å². The van der Waals surface area contributed by atoms with Crippen molar-refractivity contribution in [2.24, 2.45) is 0 Å². The molecule has 0 radical (unpaired) electrons. The number of aliphatic hydroxyl groups is 1. The SMILES string of the molecule is O=C(N[C@H](Cc1ccccc1Cl)[C@@H](O)C(=O)O)c1cc(-c2ccccc2Cl)on1. The Labute approximate surface area is 175 Å². The highest BCUT2D eigenvalue weighted by molar-refractivity contribution is 6.33. The predicted molar refractivity (Wildman–Crippen MR) is 107 cm³/mol. The van der Waals surface area contributed by atoms with Gasteiger partial charge in [0.2, 0.25) is 0 Å². The normalized spacial score (nSPS) is 12.9. The summed E-state index contributed by atoms with van der Waals surface area (Å²) in [6.45, 7) is 0. The fourth-order valence-corrected chi connectivity index (χ4v) is 3.17. The summed E-state index contributed by atoms with van der Waals surface area (Å²) in [5.74, 6) is -1.90. The maximum Gasteiger partial charge on any atom is 0.334 e. The molecule has 29 heavy (non-hydrogen) atoms. The lowest BCUT2D eigenvalue weighted by molar-refractivity contribution is -0.148. The minimum atomic E-state index is -1.84. The number of nitrogens with one attached hydrogen (secondary N) is 1. The van der Waals surface area contributed by atoms with Crippen LogP contribution in [0.5, 0.6) is 0 Å². The number of rotatable bonds is 7. The van der Waals surface area contributed by atoms with Crippen molar-refractivity contribution in [2.45, 2.75) is 18.6 Å². The minimum absolute atomic E-state index is 0.00804. The number of hydrogen-bond donors (Lipinski definition) is 3. The first kappa shape index (κ1) is 20.9. The van der Waals surface area contributed by atoms with Gasteiger partial charge < -0.3 is 20.1 Å². The monoisotopic (exact) mass is 434 g/mol. The van der Waals surface area contributed by atoms with E-state index in [1.165, 1.54) is 6.07 Å². The molecule has 0 aliphatic carbocycles. The quantitative estimate of drug-likeness (QED) is 0.524. The van der Waals surface area contributed by atoms with E-state index in [0.29, 0.717) is 21.2 Å². The van der Waals surface area contributed by atoms with Crippen molar-refractivity contribution in [1.82, 2.24) is 10.5 Å². The summed E-state index contributed by atoms with van der Waals surface area (Å²) >= 11 is 12.2. The molecule has 3 rings (SSSR count). The predicted octanol–water partition coefficient (Wildman–Crippen LogP) is 3.44. The number of halogens is 2. The molecule has 0 saturated carbocycles. The molecule has 0 aliphatic rings. The van der Waals surface area contributed by atoms with Crippen LogP contribution in [-0.4, -0.2) is 39.4 Å². The number of carboxylic acid groups (broad SMARTS) is 1. The average molecular weight is 435 g/mol. The van der Waals surface area contributed by atoms with E-state index in [0.717, 1.165) is 0 Å². The van der Waals surface area contributed by atoms with Crippen LogP contribution in [-0.2, 0) is 11.2 Å². The van der Waals surface area contributed by atoms with Crippen LogP contribution in [0.25, 0.3) is 11.3 Å². The zero-order valence-corrected chi connectivity index (χ0v) is 16.4. The van der Waals surface area contributed by atoms with Gasteiger partial charge in [-0.2, -0.15) is 0 Å². The second kappa shape index (κ2) is 9.09. The fraction of sp³-hybridized carbons (Fsp3) is 0.150. The number of nitrogens with zero attached hydrogens (tertiary/aromatic N) is 1. The summed E-state index contributed by atoms with van der Waals surface area (Å²) in [5, 5.41) is 26.2. The lowest BCUT2D eigenvalue weighted by atomic mass is 10.0. The van der Waals surface area contributed by atoms with Crippen molar-refractivity contribution in [3.8, 4) is 11.3 Å². The third kappa shape index (κ3) is 4.95. The van der Waals surface area contributed by atoms with Crippen molar-refractivity contribution in [2.75, 3.05) is 0 Å². The van der Waals surface area contributed by atoms with Crippen LogP contribution in [0, 0.1) is 0 Å². The largest absolute Gasteiger partial charge is 0.479 e. The zero-order valence-electron chi connectivity index (χ0n) is 14.9. The van der Waals surface area contributed by atoms with Crippen LogP contribution in [0.1, 0.15) is 16.1 Å². The molecule has 2 aromatic carbocycles. The Hall–Kier alpha value is -2.87. The third-order valence-corrected chi connectivity index (χ3v) is 4.93. The number of aromatic nitrogens is 1. The van der Waals surface area contributed by atoms with Crippen LogP contribution in [0.15, 0.2) is 59.1 Å². The molecule has 1 aromatic heterocycles. The summed E-state index contributed by atoms with van der Waals surface area (Å²) in [7, 11) is 0. The van der Waals surface area contributed by atoms with E-state index in [1.807, 2.05) is 0 Å². The lowest BCUT2D eigenvalue weighted by Gasteiger charge is -2.21. The molecule has 7 nitrogen and oxygen atoms in total. The first-order valence-electron chi connectivity index (χ1n) is 8.53. The molecule has 1 heterocycles. The minimum Gasteiger partial charge on any atom is -0.479 e. The van der Waals surface area contributed by atoms with Gasteiger partial charge in [-0.15, -0.1) is 0 Å². The van der Waals surface area contributed by atoms with Gasteiger partial charge in [-0.3, -0.25) is 4.79 Å². The molecule has 1 amide bonds. The van der Waals surface area contributed by atoms with Crippen LogP contribution >= 0.6 is 23.2 Å². The van der Waals surface area contributed by atoms with Gasteiger partial charge in [0, 0.05) is 16.7 Å². The zero-order chi connectivity index (χ0) is 21.0. The topological polar surface area (TPSA) is 113 Å². The number of aliphatic hydroxyl groups excluding tert-OH is 1. The molecular weight excluding hydrogens is 419 g/mol. The van der Waals surface area contributed by atoms with Crippen molar-refractivity contribution < 1.29 is 24.3 Å². The van der Waals surface area contributed by atoms with Crippen LogP contribution in [0.2, 0.25) is 10.0 Å². The Bertz CT molecular complexity index is 1040. The van der Waals surface area contributed by atoms with Crippen LogP contribution in [0.3, 0.4) is 0 Å². The van der Waals surface area contributed by atoms with Gasteiger partial charge >= 0.3 is 5.97 Å². The highest BCUT2D eigenvalue weighted by Gasteiger charge is 2.29. The number of carbonyl (C=O) groups is 2. The number of amides is 1. The van der Waals surface area contributed by atoms with Gasteiger partial charge in [-0.1, -0.05) is 58.7 Å². The molecule has 9 heteroatoms. The molecule has 0 unspecified atom stereocenters. The number of carbonyl (C=O) groups excluding carboxylic acids is 1. The van der Waals surface area contributed by atoms with E-state index in [-0.39, 0.29) is 17.9 Å². The van der Waals surface area contributed by atoms with Crippen molar-refractivity contribution >= 4 is 35.1 Å². The average Bonchev–Trinajstić information content (AvgIpc) is 3.19. The van der Waals surface area contributed by atoms with Gasteiger partial charge in [-0.05, 0) is 30.2 Å². The maximum absolute atomic E-state index is 12.6. The van der Waals surface area contributed by atoms with E-state index in [1.54, 1.807) is 48.5 Å². The van der Waals surface area contributed by atoms with Crippen molar-refractivity contribution in [3.63, 3.8) is 0 Å². The van der Waals surface area contributed by atoms with E-state index < -0.39 is 24.0 Å². The summed E-state index contributed by atoms with van der Waals surface area (Å²) in [6, 6.07) is 13.9. The van der Waals surface area contributed by atoms with E-state index in [4.69, 9.17) is 27.7 Å². The molecule has 3 aromatic rings. The number of hydrogen-bond acceptors (Lipinski definition) is 5. The molecule has 2 atom stereocenters. The van der Waals surface area contributed by atoms with Gasteiger partial charge in [0.15, 0.2) is 17.6 Å². The maximum atomic E-state index is 12.6. The lowest BCUT2D eigenvalue weighted by Crippen LogP contribution is -2.48.